The number of hydrogen-bond acceptors (Lipinski definition) is 2. The Morgan fingerprint density at radius 2 is 2.33 bits per heavy atom. The molecule has 0 aliphatic heterocycles. The first kappa shape index (κ1) is 7.03. The van der Waals surface area contributed by atoms with Crippen LogP contribution in [-0.2, 0) is 0 Å². The topological polar surface area (TPSA) is 38.0 Å². The predicted molar refractivity (Wildman–Crippen MR) is 39.3 cm³/mol. The molecule has 0 aromatic heterocycles. The summed E-state index contributed by atoms with van der Waals surface area (Å²) >= 11 is 0. The van der Waals surface area contributed by atoms with Crippen LogP contribution < -0.4 is 11.1 Å². The number of hydrogen-bond donors (Lipinski definition) is 2. The van der Waals surface area contributed by atoms with Crippen LogP contribution in [0, 0.1) is 0 Å². The Morgan fingerprint density at radius 3 is 2.78 bits per heavy atom. The first-order valence-corrected chi connectivity index (χ1v) is 3.82. The fraction of sp³-hybridized carbons (Fsp3) is 1.00. The Hall–Kier alpha value is -0.0800. The first-order chi connectivity index (χ1) is 4.33. The van der Waals surface area contributed by atoms with Gasteiger partial charge in [-0.15, -0.1) is 0 Å². The molecule has 2 nitrogen and oxygen atoms in total. The molecule has 54 valence electrons. The second kappa shape index (κ2) is 3.18. The van der Waals surface area contributed by atoms with Crippen molar-refractivity contribution >= 4 is 0 Å². The molecule has 1 fully saturated rings. The Bertz CT molecular complexity index is 81.0. The second-order valence-electron chi connectivity index (χ2n) is 2.83. The summed E-state index contributed by atoms with van der Waals surface area (Å²) in [6.45, 7) is 3.22. The summed E-state index contributed by atoms with van der Waals surface area (Å²) in [4.78, 5) is 0. The molecule has 0 aromatic rings. The third-order valence-electron chi connectivity index (χ3n) is 1.97. The van der Waals surface area contributed by atoms with E-state index >= 15 is 0 Å². The van der Waals surface area contributed by atoms with Crippen LogP contribution >= 0.6 is 0 Å². The zero-order chi connectivity index (χ0) is 6.69. The summed E-state index contributed by atoms with van der Waals surface area (Å²) in [5.41, 5.74) is 5.72. The maximum Gasteiger partial charge on any atom is 0.00822 e. The van der Waals surface area contributed by atoms with E-state index in [0.717, 1.165) is 6.54 Å². The Balaban J connectivity index is 2.14. The van der Waals surface area contributed by atoms with E-state index in [1.165, 1.54) is 19.3 Å². The van der Waals surface area contributed by atoms with Crippen molar-refractivity contribution in [2.45, 2.75) is 38.3 Å². The lowest BCUT2D eigenvalue weighted by atomic mass is 10.2. The maximum atomic E-state index is 5.72. The minimum Gasteiger partial charge on any atom is -0.328 e. The SMILES string of the molecule is CCNC1CCC(N)C1. The van der Waals surface area contributed by atoms with E-state index in [4.69, 9.17) is 5.73 Å². The van der Waals surface area contributed by atoms with Gasteiger partial charge in [0, 0.05) is 12.1 Å². The van der Waals surface area contributed by atoms with Crippen LogP contribution in [0.5, 0.6) is 0 Å². The van der Waals surface area contributed by atoms with Gasteiger partial charge in [-0.3, -0.25) is 0 Å². The van der Waals surface area contributed by atoms with Crippen LogP contribution in [0.15, 0.2) is 0 Å². The first-order valence-electron chi connectivity index (χ1n) is 3.82. The quantitative estimate of drug-likeness (QED) is 0.567. The smallest absolute Gasteiger partial charge is 0.00822 e. The zero-order valence-corrected chi connectivity index (χ0v) is 6.06. The summed E-state index contributed by atoms with van der Waals surface area (Å²) in [6, 6.07) is 1.18. The van der Waals surface area contributed by atoms with Crippen LogP contribution in [0.25, 0.3) is 0 Å². The molecular weight excluding hydrogens is 112 g/mol. The lowest BCUT2D eigenvalue weighted by Crippen LogP contribution is -2.27. The lowest BCUT2D eigenvalue weighted by molar-refractivity contribution is 0.534. The highest BCUT2D eigenvalue weighted by Crippen LogP contribution is 2.16. The minimum atomic E-state index is 0.467. The van der Waals surface area contributed by atoms with Gasteiger partial charge in [0.2, 0.25) is 0 Å². The van der Waals surface area contributed by atoms with E-state index in [1.54, 1.807) is 0 Å². The van der Waals surface area contributed by atoms with E-state index in [1.807, 2.05) is 0 Å². The van der Waals surface area contributed by atoms with Gasteiger partial charge in [0.1, 0.15) is 0 Å². The molecule has 0 saturated heterocycles. The average Bonchev–Trinajstić information content (AvgIpc) is 2.17. The van der Waals surface area contributed by atoms with Crippen molar-refractivity contribution in [2.24, 2.45) is 5.73 Å². The highest BCUT2D eigenvalue weighted by molar-refractivity contribution is 4.81. The number of nitrogens with two attached hydrogens (primary N) is 1. The Kier molecular flexibility index (Phi) is 2.49. The number of rotatable bonds is 2. The van der Waals surface area contributed by atoms with Gasteiger partial charge < -0.3 is 11.1 Å². The summed E-state index contributed by atoms with van der Waals surface area (Å²) in [7, 11) is 0. The van der Waals surface area contributed by atoms with Crippen LogP contribution in [0.2, 0.25) is 0 Å². The van der Waals surface area contributed by atoms with E-state index in [9.17, 15) is 0 Å². The fourth-order valence-electron chi connectivity index (χ4n) is 1.49. The second-order valence-corrected chi connectivity index (χ2v) is 2.83. The molecule has 3 N–H and O–H groups in total. The molecule has 1 aliphatic carbocycles. The van der Waals surface area contributed by atoms with Gasteiger partial charge in [0.15, 0.2) is 0 Å². The van der Waals surface area contributed by atoms with E-state index in [0.29, 0.717) is 12.1 Å². The van der Waals surface area contributed by atoms with Crippen LogP contribution in [0.4, 0.5) is 0 Å². The van der Waals surface area contributed by atoms with Crippen molar-refractivity contribution < 1.29 is 0 Å². The Labute approximate surface area is 56.8 Å². The molecule has 2 heteroatoms. The van der Waals surface area contributed by atoms with Crippen molar-refractivity contribution in [2.75, 3.05) is 6.54 Å². The molecule has 1 aliphatic rings. The summed E-state index contributed by atoms with van der Waals surface area (Å²) in [5, 5.41) is 3.39. The molecule has 9 heavy (non-hydrogen) atoms. The molecule has 2 atom stereocenters. The fourth-order valence-corrected chi connectivity index (χ4v) is 1.49. The number of nitrogens with one attached hydrogen (secondary N) is 1. The summed E-state index contributed by atoms with van der Waals surface area (Å²) in [6.07, 6.45) is 3.65. The van der Waals surface area contributed by atoms with Gasteiger partial charge in [-0.1, -0.05) is 6.92 Å². The monoisotopic (exact) mass is 128 g/mol. The van der Waals surface area contributed by atoms with Crippen molar-refractivity contribution in [3.8, 4) is 0 Å². The highest BCUT2D eigenvalue weighted by Gasteiger charge is 2.19. The molecular formula is C7H16N2. The van der Waals surface area contributed by atoms with Gasteiger partial charge in [-0.25, -0.2) is 0 Å². The average molecular weight is 128 g/mol. The van der Waals surface area contributed by atoms with Gasteiger partial charge >= 0.3 is 0 Å². The van der Waals surface area contributed by atoms with Crippen LogP contribution in [-0.4, -0.2) is 18.6 Å². The molecule has 2 unspecified atom stereocenters. The summed E-state index contributed by atoms with van der Waals surface area (Å²) in [5.74, 6) is 0. The minimum absolute atomic E-state index is 0.467. The molecule has 1 rings (SSSR count). The summed E-state index contributed by atoms with van der Waals surface area (Å²) < 4.78 is 0. The van der Waals surface area contributed by atoms with Crippen molar-refractivity contribution in [3.05, 3.63) is 0 Å². The van der Waals surface area contributed by atoms with E-state index in [2.05, 4.69) is 12.2 Å². The largest absolute Gasteiger partial charge is 0.328 e. The van der Waals surface area contributed by atoms with E-state index in [-0.39, 0.29) is 0 Å². The van der Waals surface area contributed by atoms with Crippen LogP contribution in [0.1, 0.15) is 26.2 Å². The molecule has 0 bridgehead atoms. The lowest BCUT2D eigenvalue weighted by Gasteiger charge is -2.08. The zero-order valence-electron chi connectivity index (χ0n) is 6.06. The van der Waals surface area contributed by atoms with Gasteiger partial charge in [-0.05, 0) is 25.8 Å². The van der Waals surface area contributed by atoms with Gasteiger partial charge in [0.05, 0.1) is 0 Å². The predicted octanol–water partition coefficient (Wildman–Crippen LogP) is 0.476. The Morgan fingerprint density at radius 1 is 1.56 bits per heavy atom. The highest BCUT2D eigenvalue weighted by atomic mass is 14.9. The van der Waals surface area contributed by atoms with Gasteiger partial charge in [-0.2, -0.15) is 0 Å². The van der Waals surface area contributed by atoms with Gasteiger partial charge in [0.25, 0.3) is 0 Å². The van der Waals surface area contributed by atoms with Crippen molar-refractivity contribution in [1.29, 1.82) is 0 Å². The molecule has 0 spiro atoms. The standard InChI is InChI=1S/C7H16N2/c1-2-9-7-4-3-6(8)5-7/h6-7,9H,2-5,8H2,1H3. The third kappa shape index (κ3) is 1.95. The molecule has 0 amide bonds. The third-order valence-corrected chi connectivity index (χ3v) is 1.97. The molecule has 0 aromatic carbocycles. The molecule has 0 heterocycles. The molecule has 1 saturated carbocycles. The van der Waals surface area contributed by atoms with E-state index < -0.39 is 0 Å². The molecule has 0 radical (unpaired) electrons. The normalized spacial score (nSPS) is 35.3. The maximum absolute atomic E-state index is 5.72. The van der Waals surface area contributed by atoms with Crippen LogP contribution in [0.3, 0.4) is 0 Å². The van der Waals surface area contributed by atoms with Crippen molar-refractivity contribution in [3.63, 3.8) is 0 Å². The van der Waals surface area contributed by atoms with Crippen molar-refractivity contribution in [1.82, 2.24) is 5.32 Å².